The zero-order valence-corrected chi connectivity index (χ0v) is 22.0. The number of hydrogen-bond donors (Lipinski definition) is 0. The molecule has 0 atom stereocenters. The number of hydrogen-bond acceptors (Lipinski definition) is 4. The molecule has 0 aliphatic heterocycles. The van der Waals surface area contributed by atoms with E-state index in [0.717, 1.165) is 25.7 Å². The number of ether oxygens (including phenoxy) is 2. The molecule has 0 aliphatic rings. The van der Waals surface area contributed by atoms with Crippen molar-refractivity contribution in [1.82, 2.24) is 0 Å². The fourth-order valence-electron chi connectivity index (χ4n) is 4.16. The van der Waals surface area contributed by atoms with Crippen LogP contribution in [0.5, 0.6) is 11.5 Å². The number of rotatable bonds is 22. The predicted molar refractivity (Wildman–Crippen MR) is 141 cm³/mol. The van der Waals surface area contributed by atoms with E-state index in [1.54, 1.807) is 12.1 Å². The molecule has 0 saturated heterocycles. The molecule has 4 nitrogen and oxygen atoms in total. The molecule has 1 rings (SSSR count). The number of benzene rings is 1. The smallest absolute Gasteiger partial charge is 0.162 e. The van der Waals surface area contributed by atoms with Gasteiger partial charge in [-0.1, -0.05) is 117 Å². The first kappa shape index (κ1) is 29.8. The summed E-state index contributed by atoms with van der Waals surface area (Å²) in [5, 5.41) is 18.8. The first-order chi connectivity index (χ1) is 16.8. The predicted octanol–water partition coefficient (Wildman–Crippen LogP) is 9.25. The SMILES string of the molecule is CCCCCCCCCCCOc1cc(C#N)c(C#N)cc1OCCCCCCCCCCC. The zero-order chi connectivity index (χ0) is 24.7. The van der Waals surface area contributed by atoms with Crippen molar-refractivity contribution in [3.05, 3.63) is 23.3 Å². The van der Waals surface area contributed by atoms with Crippen molar-refractivity contribution in [1.29, 1.82) is 10.5 Å². The fourth-order valence-corrected chi connectivity index (χ4v) is 4.16. The van der Waals surface area contributed by atoms with Crippen molar-refractivity contribution in [2.45, 2.75) is 129 Å². The first-order valence-corrected chi connectivity index (χ1v) is 14.0. The van der Waals surface area contributed by atoms with Gasteiger partial charge in [-0.15, -0.1) is 0 Å². The molecule has 0 amide bonds. The Morgan fingerprint density at radius 2 is 0.794 bits per heavy atom. The molecule has 0 bridgehead atoms. The molecule has 0 aromatic heterocycles. The second-order valence-electron chi connectivity index (χ2n) is 9.42. The second-order valence-corrected chi connectivity index (χ2v) is 9.42. The van der Waals surface area contributed by atoms with Crippen molar-refractivity contribution < 1.29 is 9.47 Å². The van der Waals surface area contributed by atoms with Gasteiger partial charge in [0.15, 0.2) is 11.5 Å². The van der Waals surface area contributed by atoms with Crippen LogP contribution in [0.15, 0.2) is 12.1 Å². The highest BCUT2D eigenvalue weighted by Crippen LogP contribution is 2.31. The molecule has 0 radical (unpaired) electrons. The van der Waals surface area contributed by atoms with Crippen molar-refractivity contribution >= 4 is 0 Å². The van der Waals surface area contributed by atoms with E-state index in [4.69, 9.17) is 9.47 Å². The van der Waals surface area contributed by atoms with Crippen LogP contribution in [0.1, 0.15) is 141 Å². The van der Waals surface area contributed by atoms with Gasteiger partial charge in [0.1, 0.15) is 12.1 Å². The standard InChI is InChI=1S/C30H48N2O2/c1-3-5-7-9-11-13-15-17-19-21-33-29-23-27(25-31)28(26-32)24-30(29)34-22-20-18-16-14-12-10-8-6-4-2/h23-24H,3-22H2,1-2H3. The molecule has 34 heavy (non-hydrogen) atoms. The van der Waals surface area contributed by atoms with Gasteiger partial charge in [-0.2, -0.15) is 10.5 Å². The second kappa shape index (κ2) is 21.3. The van der Waals surface area contributed by atoms with E-state index >= 15 is 0 Å². The van der Waals surface area contributed by atoms with Gasteiger partial charge >= 0.3 is 0 Å². The molecule has 190 valence electrons. The maximum Gasteiger partial charge on any atom is 0.162 e. The quantitative estimate of drug-likeness (QED) is 0.159. The minimum Gasteiger partial charge on any atom is -0.490 e. The Morgan fingerprint density at radius 1 is 0.500 bits per heavy atom. The van der Waals surface area contributed by atoms with E-state index in [1.807, 2.05) is 0 Å². The monoisotopic (exact) mass is 468 g/mol. The van der Waals surface area contributed by atoms with Crippen LogP contribution >= 0.6 is 0 Å². The summed E-state index contributed by atoms with van der Waals surface area (Å²) in [6, 6.07) is 7.54. The lowest BCUT2D eigenvalue weighted by molar-refractivity contribution is 0.258. The Morgan fingerprint density at radius 3 is 1.09 bits per heavy atom. The molecule has 0 saturated carbocycles. The minimum absolute atomic E-state index is 0.347. The lowest BCUT2D eigenvalue weighted by Gasteiger charge is -2.14. The molecule has 0 N–H and O–H groups in total. The summed E-state index contributed by atoms with van der Waals surface area (Å²) in [5.74, 6) is 1.18. The summed E-state index contributed by atoms with van der Waals surface area (Å²) in [4.78, 5) is 0. The van der Waals surface area contributed by atoms with E-state index < -0.39 is 0 Å². The Hall–Kier alpha value is -2.20. The van der Waals surface area contributed by atoms with E-state index in [-0.39, 0.29) is 0 Å². The van der Waals surface area contributed by atoms with Crippen LogP contribution in [0.3, 0.4) is 0 Å². The zero-order valence-electron chi connectivity index (χ0n) is 22.0. The summed E-state index contributed by atoms with van der Waals surface area (Å²) in [5.41, 5.74) is 0.694. The summed E-state index contributed by atoms with van der Waals surface area (Å²) in [6.45, 7) is 5.73. The van der Waals surface area contributed by atoms with Crippen LogP contribution in [0.2, 0.25) is 0 Å². The highest BCUT2D eigenvalue weighted by atomic mass is 16.5. The van der Waals surface area contributed by atoms with Crippen molar-refractivity contribution in [2.24, 2.45) is 0 Å². The van der Waals surface area contributed by atoms with Gasteiger partial charge in [0.05, 0.1) is 24.3 Å². The molecule has 4 heteroatoms. The third-order valence-corrected chi connectivity index (χ3v) is 6.34. The molecule has 0 heterocycles. The Kier molecular flexibility index (Phi) is 18.7. The summed E-state index contributed by atoms with van der Waals surface area (Å²) in [7, 11) is 0. The minimum atomic E-state index is 0.347. The Balaban J connectivity index is 2.36. The average molecular weight is 469 g/mol. The van der Waals surface area contributed by atoms with Crippen LogP contribution < -0.4 is 9.47 Å². The average Bonchev–Trinajstić information content (AvgIpc) is 2.86. The number of nitriles is 2. The Labute approximate surface area is 209 Å². The highest BCUT2D eigenvalue weighted by molar-refractivity contribution is 5.56. The van der Waals surface area contributed by atoms with E-state index in [1.165, 1.54) is 89.9 Å². The first-order valence-electron chi connectivity index (χ1n) is 14.0. The maximum absolute atomic E-state index is 9.38. The van der Waals surface area contributed by atoms with Gasteiger partial charge in [-0.05, 0) is 12.8 Å². The molecular weight excluding hydrogens is 420 g/mol. The third kappa shape index (κ3) is 14.1. The van der Waals surface area contributed by atoms with Gasteiger partial charge < -0.3 is 9.47 Å². The van der Waals surface area contributed by atoms with Gasteiger partial charge in [0.25, 0.3) is 0 Å². The van der Waals surface area contributed by atoms with Crippen LogP contribution in [0, 0.1) is 22.7 Å². The maximum atomic E-state index is 9.38. The Bertz CT molecular complexity index is 657. The summed E-state index contributed by atoms with van der Waals surface area (Å²) >= 11 is 0. The summed E-state index contributed by atoms with van der Waals surface area (Å²) in [6.07, 6.45) is 22.8. The molecule has 0 fully saturated rings. The van der Waals surface area contributed by atoms with Crippen LogP contribution in [0.4, 0.5) is 0 Å². The molecule has 1 aromatic rings. The lowest BCUT2D eigenvalue weighted by atomic mass is 10.1. The molecular formula is C30H48N2O2. The fraction of sp³-hybridized carbons (Fsp3) is 0.733. The van der Waals surface area contributed by atoms with Crippen LogP contribution in [-0.2, 0) is 0 Å². The molecule has 1 aromatic carbocycles. The number of unbranched alkanes of at least 4 members (excludes halogenated alkanes) is 16. The third-order valence-electron chi connectivity index (χ3n) is 6.34. The van der Waals surface area contributed by atoms with Crippen molar-refractivity contribution in [2.75, 3.05) is 13.2 Å². The van der Waals surface area contributed by atoms with E-state index in [2.05, 4.69) is 26.0 Å². The van der Waals surface area contributed by atoms with Crippen molar-refractivity contribution in [3.8, 4) is 23.6 Å². The van der Waals surface area contributed by atoms with Gasteiger partial charge in [-0.25, -0.2) is 0 Å². The summed E-state index contributed by atoms with van der Waals surface area (Å²) < 4.78 is 12.0. The van der Waals surface area contributed by atoms with E-state index in [0.29, 0.717) is 35.8 Å². The number of nitrogens with zero attached hydrogens (tertiary/aromatic N) is 2. The van der Waals surface area contributed by atoms with Crippen LogP contribution in [0.25, 0.3) is 0 Å². The lowest BCUT2D eigenvalue weighted by Crippen LogP contribution is -2.04. The topological polar surface area (TPSA) is 66.0 Å². The normalized spacial score (nSPS) is 10.6. The van der Waals surface area contributed by atoms with Crippen molar-refractivity contribution in [3.63, 3.8) is 0 Å². The van der Waals surface area contributed by atoms with E-state index in [9.17, 15) is 10.5 Å². The molecule has 0 spiro atoms. The molecule has 0 aliphatic carbocycles. The van der Waals surface area contributed by atoms with Crippen LogP contribution in [-0.4, -0.2) is 13.2 Å². The van der Waals surface area contributed by atoms with Gasteiger partial charge in [0.2, 0.25) is 0 Å². The van der Waals surface area contributed by atoms with Gasteiger partial charge in [0, 0.05) is 12.1 Å². The van der Waals surface area contributed by atoms with Gasteiger partial charge in [-0.3, -0.25) is 0 Å². The molecule has 0 unspecified atom stereocenters. The largest absolute Gasteiger partial charge is 0.490 e. The highest BCUT2D eigenvalue weighted by Gasteiger charge is 2.12.